The van der Waals surface area contributed by atoms with E-state index in [0.717, 1.165) is 51.0 Å². The number of amides is 3. The van der Waals surface area contributed by atoms with E-state index in [4.69, 9.17) is 9.47 Å². The van der Waals surface area contributed by atoms with Crippen LogP contribution in [0.4, 0.5) is 10.5 Å². The first-order valence-corrected chi connectivity index (χ1v) is 14.0. The third-order valence-electron chi connectivity index (χ3n) is 6.66. The van der Waals surface area contributed by atoms with E-state index in [-0.39, 0.29) is 36.8 Å². The fraction of sp³-hybridized carbons (Fsp3) is 0.281. The van der Waals surface area contributed by atoms with Crippen molar-refractivity contribution in [3.05, 3.63) is 93.4 Å². The van der Waals surface area contributed by atoms with Crippen LogP contribution < -0.4 is 14.8 Å². The molecule has 3 amide bonds. The van der Waals surface area contributed by atoms with E-state index in [1.54, 1.807) is 30.3 Å². The Morgan fingerprint density at radius 2 is 1.75 bits per heavy atom. The van der Waals surface area contributed by atoms with Gasteiger partial charge in [-0.2, -0.15) is 0 Å². The molecule has 4 rings (SSSR count). The third-order valence-corrected chi connectivity index (χ3v) is 7.57. The Kier molecular flexibility index (Phi) is 9.32. The largest absolute Gasteiger partial charge is 0.491 e. The molecule has 0 unspecified atom stereocenters. The molecule has 0 saturated carbocycles. The molecule has 1 heterocycles. The summed E-state index contributed by atoms with van der Waals surface area (Å²) < 4.78 is 11.6. The van der Waals surface area contributed by atoms with Crippen molar-refractivity contribution in [3.8, 4) is 11.5 Å². The lowest BCUT2D eigenvalue weighted by atomic mass is 10.0. The van der Waals surface area contributed by atoms with Crippen molar-refractivity contribution in [1.82, 2.24) is 4.90 Å². The number of thioether (sulfide) groups is 1. The van der Waals surface area contributed by atoms with E-state index < -0.39 is 0 Å². The molecular weight excluding hydrogens is 524 g/mol. The lowest BCUT2D eigenvalue weighted by molar-refractivity contribution is -0.123. The molecule has 0 bridgehead atoms. The summed E-state index contributed by atoms with van der Waals surface area (Å²) in [5.41, 5.74) is 5.81. The van der Waals surface area contributed by atoms with Crippen LogP contribution >= 0.6 is 11.8 Å². The van der Waals surface area contributed by atoms with Gasteiger partial charge in [0.05, 0.1) is 11.4 Å². The summed E-state index contributed by atoms with van der Waals surface area (Å²) in [6, 6.07) is 18.8. The van der Waals surface area contributed by atoms with Gasteiger partial charge in [0, 0.05) is 5.69 Å². The Bertz CT molecular complexity index is 1450. The predicted molar refractivity (Wildman–Crippen MR) is 160 cm³/mol. The zero-order chi connectivity index (χ0) is 28.8. The van der Waals surface area contributed by atoms with Gasteiger partial charge in [0.15, 0.2) is 6.61 Å². The highest BCUT2D eigenvalue weighted by Crippen LogP contribution is 2.33. The Labute approximate surface area is 239 Å². The summed E-state index contributed by atoms with van der Waals surface area (Å²) in [4.78, 5) is 39.4. The van der Waals surface area contributed by atoms with Gasteiger partial charge in [-0.3, -0.25) is 19.3 Å². The molecular formula is C32H34N2O5S. The van der Waals surface area contributed by atoms with Crippen LogP contribution in [0.25, 0.3) is 6.08 Å². The van der Waals surface area contributed by atoms with Crippen molar-refractivity contribution < 1.29 is 23.9 Å². The molecule has 0 aromatic heterocycles. The van der Waals surface area contributed by atoms with Crippen LogP contribution in [0.2, 0.25) is 0 Å². The number of anilines is 1. The monoisotopic (exact) mass is 558 g/mol. The number of carbonyl (C=O) groups is 3. The number of carbonyl (C=O) groups excluding carboxylic acids is 3. The lowest BCUT2D eigenvalue weighted by Gasteiger charge is -2.17. The Morgan fingerprint density at radius 3 is 2.48 bits per heavy atom. The summed E-state index contributed by atoms with van der Waals surface area (Å²) >= 11 is 0.914. The molecule has 0 atom stereocenters. The van der Waals surface area contributed by atoms with Crippen LogP contribution in [0, 0.1) is 20.8 Å². The molecule has 3 aromatic rings. The first-order valence-electron chi connectivity index (χ1n) is 13.2. The summed E-state index contributed by atoms with van der Waals surface area (Å²) in [5, 5.41) is 2.55. The molecule has 1 saturated heterocycles. The molecule has 1 aliphatic heterocycles. The van der Waals surface area contributed by atoms with Gasteiger partial charge in [-0.05, 0) is 96.6 Å². The van der Waals surface area contributed by atoms with E-state index in [0.29, 0.717) is 16.6 Å². The van der Waals surface area contributed by atoms with Crippen molar-refractivity contribution in [1.29, 1.82) is 0 Å². The summed E-state index contributed by atoms with van der Waals surface area (Å²) in [7, 11) is 0. The van der Waals surface area contributed by atoms with Crippen LogP contribution in [-0.2, 0) is 9.59 Å². The average Bonchev–Trinajstić information content (AvgIpc) is 3.18. The van der Waals surface area contributed by atoms with E-state index in [1.807, 2.05) is 51.1 Å². The van der Waals surface area contributed by atoms with Gasteiger partial charge in [0.25, 0.3) is 17.1 Å². The second kappa shape index (κ2) is 12.9. The average molecular weight is 559 g/mol. The summed E-state index contributed by atoms with van der Waals surface area (Å²) in [5.74, 6) is 1.01. The van der Waals surface area contributed by atoms with Crippen LogP contribution in [0.5, 0.6) is 11.5 Å². The first-order chi connectivity index (χ1) is 19.1. The molecule has 1 N–H and O–H groups in total. The third kappa shape index (κ3) is 7.12. The summed E-state index contributed by atoms with van der Waals surface area (Å²) in [6.07, 6.45) is 1.68. The minimum absolute atomic E-state index is 0.130. The van der Waals surface area contributed by atoms with Gasteiger partial charge in [0.1, 0.15) is 18.1 Å². The highest BCUT2D eigenvalue weighted by Gasteiger charge is 2.34. The van der Waals surface area contributed by atoms with Crippen LogP contribution in [-0.4, -0.2) is 41.7 Å². The van der Waals surface area contributed by atoms with Crippen molar-refractivity contribution in [2.45, 2.75) is 40.5 Å². The van der Waals surface area contributed by atoms with E-state index in [1.165, 1.54) is 4.90 Å². The lowest BCUT2D eigenvalue weighted by Crippen LogP contribution is -2.32. The fourth-order valence-electron chi connectivity index (χ4n) is 4.22. The van der Waals surface area contributed by atoms with Crippen LogP contribution in [0.3, 0.4) is 0 Å². The Morgan fingerprint density at radius 1 is 1.00 bits per heavy atom. The van der Waals surface area contributed by atoms with Gasteiger partial charge < -0.3 is 14.8 Å². The number of nitrogens with zero attached hydrogens (tertiary/aromatic N) is 1. The zero-order valence-corrected chi connectivity index (χ0v) is 24.3. The van der Waals surface area contributed by atoms with Gasteiger partial charge >= 0.3 is 0 Å². The number of hydrogen-bond donors (Lipinski definition) is 1. The number of benzene rings is 3. The maximum absolute atomic E-state index is 12.9. The van der Waals surface area contributed by atoms with Crippen molar-refractivity contribution in [2.75, 3.05) is 25.1 Å². The minimum Gasteiger partial charge on any atom is -0.491 e. The molecule has 1 fully saturated rings. The first kappa shape index (κ1) is 29.0. The van der Waals surface area contributed by atoms with Crippen LogP contribution in [0.15, 0.2) is 65.6 Å². The molecule has 8 heteroatoms. The van der Waals surface area contributed by atoms with Crippen LogP contribution in [0.1, 0.15) is 47.6 Å². The Balaban J connectivity index is 1.30. The predicted octanol–water partition coefficient (Wildman–Crippen LogP) is 6.87. The molecule has 0 aliphatic carbocycles. The standard InChI is InChI=1S/C32H34N2O5S/c1-20(2)26-14-9-21(3)17-28(26)38-16-15-34-31(36)29(40-32(34)37)18-24-10-12-25(13-11-24)39-19-30(35)33-27-8-6-7-22(4)23(27)5/h6-14,17-18,20H,15-16,19H2,1-5H3,(H,33,35)/b29-18-. The Hall–Kier alpha value is -4.04. The highest BCUT2D eigenvalue weighted by molar-refractivity contribution is 8.18. The number of nitrogens with one attached hydrogen (secondary N) is 1. The number of rotatable bonds is 10. The molecule has 1 aliphatic rings. The fourth-order valence-corrected chi connectivity index (χ4v) is 5.08. The van der Waals surface area contributed by atoms with E-state index in [9.17, 15) is 14.4 Å². The molecule has 7 nitrogen and oxygen atoms in total. The summed E-state index contributed by atoms with van der Waals surface area (Å²) in [6.45, 7) is 10.4. The SMILES string of the molecule is Cc1ccc(C(C)C)c(OCCN2C(=O)S/C(=C\c3ccc(OCC(=O)Nc4cccc(C)c4C)cc3)C2=O)c1. The molecule has 40 heavy (non-hydrogen) atoms. The normalized spacial score (nSPS) is 14.2. The van der Waals surface area contributed by atoms with Crippen molar-refractivity contribution in [3.63, 3.8) is 0 Å². The molecule has 3 aromatic carbocycles. The molecule has 208 valence electrons. The van der Waals surface area contributed by atoms with E-state index >= 15 is 0 Å². The highest BCUT2D eigenvalue weighted by atomic mass is 32.2. The van der Waals surface area contributed by atoms with E-state index in [2.05, 4.69) is 25.2 Å². The quantitative estimate of drug-likeness (QED) is 0.274. The number of aryl methyl sites for hydroxylation is 2. The van der Waals surface area contributed by atoms with Crippen molar-refractivity contribution >= 4 is 40.6 Å². The van der Waals surface area contributed by atoms with Crippen molar-refractivity contribution in [2.24, 2.45) is 0 Å². The molecule has 0 radical (unpaired) electrons. The number of ether oxygens (including phenoxy) is 2. The smallest absolute Gasteiger partial charge is 0.293 e. The van der Waals surface area contributed by atoms with Gasteiger partial charge in [0.2, 0.25) is 0 Å². The second-order valence-electron chi connectivity index (χ2n) is 10.0. The van der Waals surface area contributed by atoms with Gasteiger partial charge in [-0.1, -0.05) is 50.2 Å². The second-order valence-corrected chi connectivity index (χ2v) is 11.0. The number of imide groups is 1. The maximum Gasteiger partial charge on any atom is 0.293 e. The molecule has 0 spiro atoms. The van der Waals surface area contributed by atoms with Gasteiger partial charge in [-0.15, -0.1) is 0 Å². The minimum atomic E-state index is -0.338. The maximum atomic E-state index is 12.9. The van der Waals surface area contributed by atoms with Gasteiger partial charge in [-0.25, -0.2) is 0 Å². The topological polar surface area (TPSA) is 84.9 Å². The zero-order valence-electron chi connectivity index (χ0n) is 23.4. The number of hydrogen-bond acceptors (Lipinski definition) is 6.